The third-order valence-corrected chi connectivity index (χ3v) is 4.44. The van der Waals surface area contributed by atoms with Gasteiger partial charge in [-0.1, -0.05) is 43.2 Å². The lowest BCUT2D eigenvalue weighted by Gasteiger charge is -2.09. The van der Waals surface area contributed by atoms with Gasteiger partial charge in [0.1, 0.15) is 11.3 Å². The molecular weight excluding hydrogens is 352 g/mol. The molecule has 1 heterocycles. The van der Waals surface area contributed by atoms with E-state index in [9.17, 15) is 9.90 Å². The summed E-state index contributed by atoms with van der Waals surface area (Å²) in [6, 6.07) is 14.2. The SMILES string of the molecule is O=c1c(O)c(-c2ccccc2)oc2ccc(OCCCCCCCl)cc12. The first-order valence-electron chi connectivity index (χ1n) is 8.74. The molecule has 0 aliphatic rings. The molecule has 0 amide bonds. The van der Waals surface area contributed by atoms with Gasteiger partial charge in [-0.15, -0.1) is 11.6 Å². The third-order valence-electron chi connectivity index (χ3n) is 4.17. The Kier molecular flexibility index (Phi) is 6.18. The zero-order valence-corrected chi connectivity index (χ0v) is 15.2. The summed E-state index contributed by atoms with van der Waals surface area (Å²) in [7, 11) is 0. The largest absolute Gasteiger partial charge is 0.502 e. The molecule has 0 saturated carbocycles. The van der Waals surface area contributed by atoms with Crippen LogP contribution in [0.4, 0.5) is 0 Å². The second-order valence-corrected chi connectivity index (χ2v) is 6.46. The summed E-state index contributed by atoms with van der Waals surface area (Å²) in [5.41, 5.74) is 0.611. The Bertz CT molecular complexity index is 918. The first-order chi connectivity index (χ1) is 12.7. The van der Waals surface area contributed by atoms with Crippen molar-refractivity contribution in [1.82, 2.24) is 0 Å². The number of hydrogen-bond acceptors (Lipinski definition) is 4. The summed E-state index contributed by atoms with van der Waals surface area (Å²) in [4.78, 5) is 12.5. The van der Waals surface area contributed by atoms with E-state index in [1.165, 1.54) is 0 Å². The molecule has 26 heavy (non-hydrogen) atoms. The van der Waals surface area contributed by atoms with Gasteiger partial charge in [0, 0.05) is 11.4 Å². The molecule has 0 spiro atoms. The van der Waals surface area contributed by atoms with Crippen molar-refractivity contribution in [2.75, 3.05) is 12.5 Å². The molecule has 3 aromatic rings. The Morgan fingerprint density at radius 2 is 1.77 bits per heavy atom. The van der Waals surface area contributed by atoms with E-state index in [2.05, 4.69) is 0 Å². The number of hydrogen-bond donors (Lipinski definition) is 1. The van der Waals surface area contributed by atoms with Gasteiger partial charge < -0.3 is 14.3 Å². The fourth-order valence-electron chi connectivity index (χ4n) is 2.78. The summed E-state index contributed by atoms with van der Waals surface area (Å²) in [6.07, 6.45) is 4.09. The predicted molar refractivity (Wildman–Crippen MR) is 104 cm³/mol. The van der Waals surface area contributed by atoms with Gasteiger partial charge in [0.25, 0.3) is 0 Å². The topological polar surface area (TPSA) is 59.7 Å². The predicted octanol–water partition coefficient (Wildman–Crippen LogP) is 5.34. The molecule has 0 bridgehead atoms. The first kappa shape index (κ1) is 18.3. The fraction of sp³-hybridized carbons (Fsp3) is 0.286. The van der Waals surface area contributed by atoms with E-state index in [-0.39, 0.29) is 11.5 Å². The van der Waals surface area contributed by atoms with E-state index in [1.807, 2.05) is 18.2 Å². The van der Waals surface area contributed by atoms with Crippen LogP contribution in [0.3, 0.4) is 0 Å². The number of ether oxygens (including phenoxy) is 1. The molecule has 1 aromatic heterocycles. The van der Waals surface area contributed by atoms with Gasteiger partial charge in [-0.3, -0.25) is 4.79 Å². The van der Waals surface area contributed by atoms with E-state index in [0.29, 0.717) is 34.8 Å². The van der Waals surface area contributed by atoms with Crippen LogP contribution in [0.15, 0.2) is 57.7 Å². The first-order valence-corrected chi connectivity index (χ1v) is 9.28. The Morgan fingerprint density at radius 1 is 1.00 bits per heavy atom. The second kappa shape index (κ2) is 8.77. The number of alkyl halides is 1. The van der Waals surface area contributed by atoms with Crippen molar-refractivity contribution in [2.24, 2.45) is 0 Å². The van der Waals surface area contributed by atoms with Gasteiger partial charge >= 0.3 is 0 Å². The molecule has 0 saturated heterocycles. The van der Waals surface area contributed by atoms with Gasteiger partial charge in [-0.05, 0) is 31.0 Å². The quantitative estimate of drug-likeness (QED) is 0.428. The summed E-state index contributed by atoms with van der Waals surface area (Å²) < 4.78 is 11.5. The molecule has 1 N–H and O–H groups in total. The van der Waals surface area contributed by atoms with Crippen LogP contribution in [0, 0.1) is 0 Å². The van der Waals surface area contributed by atoms with E-state index >= 15 is 0 Å². The highest BCUT2D eigenvalue weighted by Crippen LogP contribution is 2.31. The molecule has 2 aromatic carbocycles. The molecule has 3 rings (SSSR count). The minimum atomic E-state index is -0.460. The van der Waals surface area contributed by atoms with E-state index in [0.717, 1.165) is 25.7 Å². The van der Waals surface area contributed by atoms with Crippen molar-refractivity contribution in [2.45, 2.75) is 25.7 Å². The Morgan fingerprint density at radius 3 is 2.54 bits per heavy atom. The number of halogens is 1. The Hall–Kier alpha value is -2.46. The van der Waals surface area contributed by atoms with Crippen molar-refractivity contribution >= 4 is 22.6 Å². The molecule has 0 unspecified atom stereocenters. The fourth-order valence-corrected chi connectivity index (χ4v) is 2.97. The third kappa shape index (κ3) is 4.20. The number of benzene rings is 2. The van der Waals surface area contributed by atoms with Crippen molar-refractivity contribution in [1.29, 1.82) is 0 Å². The van der Waals surface area contributed by atoms with Crippen LogP contribution in [-0.4, -0.2) is 17.6 Å². The highest BCUT2D eigenvalue weighted by Gasteiger charge is 2.15. The molecule has 0 fully saturated rings. The minimum Gasteiger partial charge on any atom is -0.502 e. The van der Waals surface area contributed by atoms with Gasteiger partial charge in [-0.25, -0.2) is 0 Å². The minimum absolute atomic E-state index is 0.177. The molecule has 0 atom stereocenters. The molecular formula is C21H21ClO4. The number of aromatic hydroxyl groups is 1. The van der Waals surface area contributed by atoms with Crippen molar-refractivity contribution in [3.8, 4) is 22.8 Å². The molecule has 5 heteroatoms. The monoisotopic (exact) mass is 372 g/mol. The summed E-state index contributed by atoms with van der Waals surface area (Å²) >= 11 is 5.65. The summed E-state index contributed by atoms with van der Waals surface area (Å²) in [5.74, 6) is 1.07. The van der Waals surface area contributed by atoms with E-state index < -0.39 is 5.43 Å². The van der Waals surface area contributed by atoms with Crippen LogP contribution in [0.25, 0.3) is 22.3 Å². The molecule has 0 aliphatic carbocycles. The van der Waals surface area contributed by atoms with Crippen molar-refractivity contribution < 1.29 is 14.3 Å². The number of fused-ring (bicyclic) bond motifs is 1. The van der Waals surface area contributed by atoms with Gasteiger partial charge in [0.05, 0.1) is 12.0 Å². The maximum atomic E-state index is 12.5. The lowest BCUT2D eigenvalue weighted by Crippen LogP contribution is -2.04. The lowest BCUT2D eigenvalue weighted by molar-refractivity contribution is 0.305. The highest BCUT2D eigenvalue weighted by atomic mass is 35.5. The smallest absolute Gasteiger partial charge is 0.235 e. The van der Waals surface area contributed by atoms with Crippen molar-refractivity contribution in [3.05, 3.63) is 58.8 Å². The van der Waals surface area contributed by atoms with E-state index in [1.54, 1.807) is 30.3 Å². The van der Waals surface area contributed by atoms with Gasteiger partial charge in [0.2, 0.25) is 11.2 Å². The second-order valence-electron chi connectivity index (χ2n) is 6.08. The Balaban J connectivity index is 1.80. The van der Waals surface area contributed by atoms with Crippen LogP contribution in [-0.2, 0) is 0 Å². The molecule has 136 valence electrons. The zero-order valence-electron chi connectivity index (χ0n) is 14.4. The molecule has 0 aliphatic heterocycles. The zero-order chi connectivity index (χ0) is 18.4. The van der Waals surface area contributed by atoms with Crippen LogP contribution >= 0.6 is 11.6 Å². The van der Waals surface area contributed by atoms with Crippen LogP contribution < -0.4 is 10.2 Å². The van der Waals surface area contributed by atoms with Crippen LogP contribution in [0.2, 0.25) is 0 Å². The Labute approximate surface area is 157 Å². The average Bonchev–Trinajstić information content (AvgIpc) is 2.68. The lowest BCUT2D eigenvalue weighted by atomic mass is 10.1. The van der Waals surface area contributed by atoms with Gasteiger partial charge in [-0.2, -0.15) is 0 Å². The maximum absolute atomic E-state index is 12.5. The summed E-state index contributed by atoms with van der Waals surface area (Å²) in [5, 5.41) is 10.6. The van der Waals surface area contributed by atoms with Crippen molar-refractivity contribution in [3.63, 3.8) is 0 Å². The van der Waals surface area contributed by atoms with Crippen LogP contribution in [0.1, 0.15) is 25.7 Å². The number of rotatable bonds is 8. The summed E-state index contributed by atoms with van der Waals surface area (Å²) in [6.45, 7) is 0.577. The van der Waals surface area contributed by atoms with E-state index in [4.69, 9.17) is 20.8 Å². The van der Waals surface area contributed by atoms with Gasteiger partial charge in [0.15, 0.2) is 5.76 Å². The molecule has 0 radical (unpaired) electrons. The maximum Gasteiger partial charge on any atom is 0.235 e. The van der Waals surface area contributed by atoms with Crippen LogP contribution in [0.5, 0.6) is 11.5 Å². The highest BCUT2D eigenvalue weighted by molar-refractivity contribution is 6.17. The normalized spacial score (nSPS) is 11.0. The standard InChI is InChI=1S/C21H21ClO4/c22-12-6-1-2-7-13-25-16-10-11-18-17(14-16)19(23)20(24)21(26-18)15-8-4-3-5-9-15/h3-5,8-11,14,24H,1-2,6-7,12-13H2. The average molecular weight is 373 g/mol. The number of unbranched alkanes of at least 4 members (excludes halogenated alkanes) is 3. The molecule has 4 nitrogen and oxygen atoms in total.